The maximum absolute atomic E-state index is 13.4. The molecular formula is C25H20Cl2N2O2S. The van der Waals surface area contributed by atoms with Gasteiger partial charge in [0.05, 0.1) is 5.69 Å². The van der Waals surface area contributed by atoms with Crippen molar-refractivity contribution in [1.82, 2.24) is 0 Å². The van der Waals surface area contributed by atoms with Crippen molar-refractivity contribution in [2.75, 3.05) is 10.2 Å². The minimum absolute atomic E-state index is 0.220. The Morgan fingerprint density at radius 2 is 1.47 bits per heavy atom. The Morgan fingerprint density at radius 1 is 0.844 bits per heavy atom. The number of carbonyl (C=O) groups excluding carboxylic acids is 2. The monoisotopic (exact) mass is 482 g/mol. The van der Waals surface area contributed by atoms with Gasteiger partial charge in [-0.2, -0.15) is 0 Å². The fourth-order valence-corrected chi connectivity index (χ4v) is 4.78. The van der Waals surface area contributed by atoms with Crippen LogP contribution in [0.2, 0.25) is 10.0 Å². The Kier molecular flexibility index (Phi) is 6.60. The van der Waals surface area contributed by atoms with Gasteiger partial charge in [-0.15, -0.1) is 0 Å². The molecule has 1 aliphatic rings. The number of hydrogen-bond acceptors (Lipinski definition) is 4. The van der Waals surface area contributed by atoms with Gasteiger partial charge in [0.15, 0.2) is 0 Å². The lowest BCUT2D eigenvalue weighted by atomic mass is 10.0. The van der Waals surface area contributed by atoms with Crippen LogP contribution in [0.15, 0.2) is 88.3 Å². The minimum atomic E-state index is -0.459. The first kappa shape index (κ1) is 22.5. The van der Waals surface area contributed by atoms with Crippen LogP contribution in [0, 0.1) is 0 Å². The number of nitrogens with one attached hydrogen (secondary N) is 1. The molecule has 0 saturated heterocycles. The van der Waals surface area contributed by atoms with Gasteiger partial charge in [-0.3, -0.25) is 9.59 Å². The van der Waals surface area contributed by atoms with E-state index in [-0.39, 0.29) is 5.70 Å². The number of hydrogen-bond donors (Lipinski definition) is 1. The number of anilines is 2. The number of benzene rings is 3. The van der Waals surface area contributed by atoms with Crippen LogP contribution in [0.4, 0.5) is 11.4 Å². The number of nitrogens with zero attached hydrogens (tertiary/aromatic N) is 1. The highest BCUT2D eigenvalue weighted by atomic mass is 35.5. The van der Waals surface area contributed by atoms with E-state index in [9.17, 15) is 9.59 Å². The van der Waals surface area contributed by atoms with Gasteiger partial charge in [0.2, 0.25) is 0 Å². The molecule has 0 fully saturated rings. The molecule has 1 N–H and O–H groups in total. The van der Waals surface area contributed by atoms with E-state index in [1.54, 1.807) is 18.2 Å². The quantitative estimate of drug-likeness (QED) is 0.380. The third-order valence-electron chi connectivity index (χ3n) is 4.96. The van der Waals surface area contributed by atoms with Crippen LogP contribution in [0.3, 0.4) is 0 Å². The molecular weight excluding hydrogens is 463 g/mol. The van der Waals surface area contributed by atoms with E-state index in [0.29, 0.717) is 26.6 Å². The van der Waals surface area contributed by atoms with Crippen molar-refractivity contribution in [3.05, 3.63) is 99.0 Å². The molecule has 0 radical (unpaired) electrons. The molecule has 4 nitrogen and oxygen atoms in total. The van der Waals surface area contributed by atoms with E-state index in [1.807, 2.05) is 54.6 Å². The average molecular weight is 483 g/mol. The zero-order chi connectivity index (χ0) is 22.8. The number of carbonyl (C=O) groups is 2. The molecule has 0 aliphatic carbocycles. The molecule has 7 heteroatoms. The van der Waals surface area contributed by atoms with Crippen molar-refractivity contribution in [1.29, 1.82) is 0 Å². The average Bonchev–Trinajstić information content (AvgIpc) is 2.98. The molecule has 0 bridgehead atoms. The fourth-order valence-electron chi connectivity index (χ4n) is 3.32. The Labute approximate surface area is 201 Å². The summed E-state index contributed by atoms with van der Waals surface area (Å²) in [4.78, 5) is 29.1. The largest absolute Gasteiger partial charge is 0.350 e. The van der Waals surface area contributed by atoms with E-state index < -0.39 is 11.8 Å². The highest BCUT2D eigenvalue weighted by Gasteiger charge is 2.40. The normalized spacial score (nSPS) is 14.0. The number of rotatable bonds is 6. The van der Waals surface area contributed by atoms with E-state index in [1.165, 1.54) is 17.3 Å². The first-order chi connectivity index (χ1) is 15.3. The molecule has 3 aromatic carbocycles. The highest BCUT2D eigenvalue weighted by molar-refractivity contribution is 8.04. The lowest BCUT2D eigenvalue weighted by Gasteiger charge is -2.16. The van der Waals surface area contributed by atoms with Crippen molar-refractivity contribution in [2.45, 2.75) is 24.7 Å². The van der Waals surface area contributed by atoms with E-state index in [0.717, 1.165) is 15.5 Å². The molecule has 162 valence electrons. The van der Waals surface area contributed by atoms with Crippen molar-refractivity contribution < 1.29 is 9.59 Å². The zero-order valence-electron chi connectivity index (χ0n) is 17.4. The second-order valence-corrected chi connectivity index (χ2v) is 9.55. The van der Waals surface area contributed by atoms with Crippen LogP contribution in [0.1, 0.15) is 25.3 Å². The molecule has 0 unspecified atom stereocenters. The Hall–Kier alpha value is -2.73. The molecule has 4 rings (SSSR count). The molecule has 1 aliphatic heterocycles. The van der Waals surface area contributed by atoms with Gasteiger partial charge in [-0.05, 0) is 53.9 Å². The van der Waals surface area contributed by atoms with Crippen LogP contribution in [-0.4, -0.2) is 11.8 Å². The zero-order valence-corrected chi connectivity index (χ0v) is 19.8. The van der Waals surface area contributed by atoms with Gasteiger partial charge in [0, 0.05) is 20.6 Å². The smallest absolute Gasteiger partial charge is 0.283 e. The van der Waals surface area contributed by atoms with E-state index in [4.69, 9.17) is 23.2 Å². The summed E-state index contributed by atoms with van der Waals surface area (Å²) >= 11 is 13.5. The number of thioether (sulfide) groups is 1. The maximum atomic E-state index is 13.4. The van der Waals surface area contributed by atoms with E-state index in [2.05, 4.69) is 19.2 Å². The van der Waals surface area contributed by atoms with Gasteiger partial charge in [0.25, 0.3) is 11.8 Å². The molecule has 1 heterocycles. The summed E-state index contributed by atoms with van der Waals surface area (Å²) in [6, 6.07) is 21.9. The van der Waals surface area contributed by atoms with Crippen molar-refractivity contribution in [3.63, 3.8) is 0 Å². The van der Waals surface area contributed by atoms with Crippen molar-refractivity contribution in [2.24, 2.45) is 0 Å². The molecule has 2 amide bonds. The Bertz CT molecular complexity index is 1190. The highest BCUT2D eigenvalue weighted by Crippen LogP contribution is 2.39. The summed E-state index contributed by atoms with van der Waals surface area (Å²) in [5.74, 6) is -0.492. The topological polar surface area (TPSA) is 49.4 Å². The third-order valence-corrected chi connectivity index (χ3v) is 6.48. The van der Waals surface area contributed by atoms with Gasteiger partial charge in [-0.25, -0.2) is 4.90 Å². The summed E-state index contributed by atoms with van der Waals surface area (Å²) in [6.07, 6.45) is 0. The summed E-state index contributed by atoms with van der Waals surface area (Å²) < 4.78 is 0. The standard InChI is InChI=1S/C25H20Cl2N2O2S/c1-15(2)16-8-10-19(11-9-16)28-22-23(32-21-6-4-3-5-7-21)25(31)29(24(22)30)20-13-17(26)12-18(27)14-20/h3-15,28H,1-2H3. The molecule has 0 saturated carbocycles. The van der Waals surface area contributed by atoms with E-state index >= 15 is 0 Å². The van der Waals surface area contributed by atoms with Crippen LogP contribution in [0.25, 0.3) is 0 Å². The van der Waals surface area contributed by atoms with Gasteiger partial charge in [-0.1, -0.05) is 79.1 Å². The molecule has 3 aromatic rings. The van der Waals surface area contributed by atoms with Crippen LogP contribution < -0.4 is 10.2 Å². The van der Waals surface area contributed by atoms with Gasteiger partial charge >= 0.3 is 0 Å². The summed E-state index contributed by atoms with van der Waals surface area (Å²) in [7, 11) is 0. The SMILES string of the molecule is CC(C)c1ccc(NC2=C(Sc3ccccc3)C(=O)N(c3cc(Cl)cc(Cl)c3)C2=O)cc1. The molecule has 0 spiro atoms. The van der Waals surface area contributed by atoms with Gasteiger partial charge in [0.1, 0.15) is 10.6 Å². The van der Waals surface area contributed by atoms with Crippen LogP contribution >= 0.6 is 35.0 Å². The summed E-state index contributed by atoms with van der Waals surface area (Å²) in [6.45, 7) is 4.24. The number of amides is 2. The Balaban J connectivity index is 1.73. The van der Waals surface area contributed by atoms with Crippen LogP contribution in [0.5, 0.6) is 0 Å². The number of imide groups is 1. The minimum Gasteiger partial charge on any atom is -0.350 e. The second kappa shape index (κ2) is 9.41. The summed E-state index contributed by atoms with van der Waals surface area (Å²) in [5, 5.41) is 3.85. The predicted octanol–water partition coefficient (Wildman–Crippen LogP) is 7.11. The first-order valence-electron chi connectivity index (χ1n) is 10.0. The second-order valence-electron chi connectivity index (χ2n) is 7.59. The van der Waals surface area contributed by atoms with Crippen LogP contribution in [-0.2, 0) is 9.59 Å². The number of halogens is 2. The van der Waals surface area contributed by atoms with Crippen molar-refractivity contribution >= 4 is 58.2 Å². The lowest BCUT2D eigenvalue weighted by molar-refractivity contribution is -0.120. The Morgan fingerprint density at radius 3 is 2.06 bits per heavy atom. The maximum Gasteiger partial charge on any atom is 0.283 e. The predicted molar refractivity (Wildman–Crippen MR) is 132 cm³/mol. The van der Waals surface area contributed by atoms with Crippen molar-refractivity contribution in [3.8, 4) is 0 Å². The molecule has 0 atom stereocenters. The third kappa shape index (κ3) is 4.70. The van der Waals surface area contributed by atoms with Gasteiger partial charge < -0.3 is 5.32 Å². The molecule has 0 aromatic heterocycles. The molecule has 32 heavy (non-hydrogen) atoms. The first-order valence-corrected chi connectivity index (χ1v) is 11.6. The lowest BCUT2D eigenvalue weighted by Crippen LogP contribution is -2.32. The fraction of sp³-hybridized carbons (Fsp3) is 0.120. The summed E-state index contributed by atoms with van der Waals surface area (Å²) in [5.41, 5.74) is 2.46.